The molecule has 1 heterocycles. The van der Waals surface area contributed by atoms with Gasteiger partial charge < -0.3 is 14.9 Å². The number of hydrogen-bond donors (Lipinski definition) is 1. The third-order valence-electron chi connectivity index (χ3n) is 2.21. The lowest BCUT2D eigenvalue weighted by Gasteiger charge is -2.05. The maximum Gasteiger partial charge on any atom is 0.336 e. The molecule has 0 unspecified atom stereocenters. The summed E-state index contributed by atoms with van der Waals surface area (Å²) in [5, 5.41) is 0.852. The van der Waals surface area contributed by atoms with Gasteiger partial charge in [0.2, 0.25) is 0 Å². The Labute approximate surface area is 92.6 Å². The van der Waals surface area contributed by atoms with Gasteiger partial charge >= 0.3 is 5.63 Å². The van der Waals surface area contributed by atoms with Crippen molar-refractivity contribution in [3.8, 4) is 5.75 Å². The third-order valence-corrected chi connectivity index (χ3v) is 2.21. The molecule has 2 aromatic rings. The van der Waals surface area contributed by atoms with Gasteiger partial charge in [0, 0.05) is 11.5 Å². The second-order valence-electron chi connectivity index (χ2n) is 3.44. The Morgan fingerprint density at radius 2 is 2.12 bits per heavy atom. The average molecular weight is 219 g/mol. The van der Waals surface area contributed by atoms with E-state index in [1.54, 1.807) is 18.2 Å². The highest BCUT2D eigenvalue weighted by Crippen LogP contribution is 2.19. The Hall–Kier alpha value is -1.81. The number of nitrogens with two attached hydrogens (primary N) is 1. The lowest BCUT2D eigenvalue weighted by atomic mass is 10.2. The first-order valence-corrected chi connectivity index (χ1v) is 5.16. The average Bonchev–Trinajstić information content (AvgIpc) is 2.29. The molecule has 0 atom stereocenters. The Balaban J connectivity index is 2.23. The van der Waals surface area contributed by atoms with Gasteiger partial charge in [0.1, 0.15) is 11.3 Å². The van der Waals surface area contributed by atoms with Crippen LogP contribution in [0.15, 0.2) is 39.5 Å². The van der Waals surface area contributed by atoms with Crippen LogP contribution in [-0.4, -0.2) is 13.2 Å². The monoisotopic (exact) mass is 219 g/mol. The molecule has 0 aliphatic heterocycles. The predicted octanol–water partition coefficient (Wildman–Crippen LogP) is 1.52. The van der Waals surface area contributed by atoms with Gasteiger partial charge in [0.15, 0.2) is 0 Å². The fraction of sp³-hybridized carbons (Fsp3) is 0.250. The first-order valence-electron chi connectivity index (χ1n) is 5.16. The van der Waals surface area contributed by atoms with Gasteiger partial charge in [-0.05, 0) is 37.2 Å². The molecule has 0 bridgehead atoms. The van der Waals surface area contributed by atoms with Crippen molar-refractivity contribution in [2.45, 2.75) is 6.42 Å². The van der Waals surface area contributed by atoms with Gasteiger partial charge in [0.25, 0.3) is 0 Å². The lowest BCUT2D eigenvalue weighted by Crippen LogP contribution is -2.06. The standard InChI is InChI=1S/C12H13NO3/c13-6-1-7-15-10-3-4-11-9(8-10)2-5-12(14)16-11/h2-5,8H,1,6-7,13H2. The van der Waals surface area contributed by atoms with Gasteiger partial charge in [-0.2, -0.15) is 0 Å². The molecule has 2 rings (SSSR count). The maximum atomic E-state index is 11.0. The molecule has 0 saturated heterocycles. The molecule has 0 radical (unpaired) electrons. The van der Waals surface area contributed by atoms with E-state index < -0.39 is 0 Å². The van der Waals surface area contributed by atoms with Gasteiger partial charge in [-0.15, -0.1) is 0 Å². The quantitative estimate of drug-likeness (QED) is 0.625. The van der Waals surface area contributed by atoms with Crippen molar-refractivity contribution >= 4 is 11.0 Å². The molecule has 16 heavy (non-hydrogen) atoms. The van der Waals surface area contributed by atoms with Gasteiger partial charge in [0.05, 0.1) is 6.61 Å². The van der Waals surface area contributed by atoms with Gasteiger partial charge in [-0.25, -0.2) is 4.79 Å². The summed E-state index contributed by atoms with van der Waals surface area (Å²) in [5.74, 6) is 0.759. The van der Waals surface area contributed by atoms with Crippen LogP contribution in [-0.2, 0) is 0 Å². The van der Waals surface area contributed by atoms with E-state index in [1.807, 2.05) is 6.07 Å². The number of benzene rings is 1. The van der Waals surface area contributed by atoms with Crippen LogP contribution in [0.2, 0.25) is 0 Å². The second kappa shape index (κ2) is 4.81. The largest absolute Gasteiger partial charge is 0.494 e. The summed E-state index contributed by atoms with van der Waals surface area (Å²) in [5.41, 5.74) is 5.60. The highest BCUT2D eigenvalue weighted by Gasteiger charge is 1.99. The van der Waals surface area contributed by atoms with Crippen LogP contribution in [0.4, 0.5) is 0 Å². The van der Waals surface area contributed by atoms with Crippen molar-refractivity contribution in [2.75, 3.05) is 13.2 Å². The van der Waals surface area contributed by atoms with E-state index in [0.717, 1.165) is 17.6 Å². The van der Waals surface area contributed by atoms with Crippen LogP contribution in [0.5, 0.6) is 5.75 Å². The maximum absolute atomic E-state index is 11.0. The number of hydrogen-bond acceptors (Lipinski definition) is 4. The Kier molecular flexibility index (Phi) is 3.22. The summed E-state index contributed by atoms with van der Waals surface area (Å²) >= 11 is 0. The molecule has 4 nitrogen and oxygen atoms in total. The van der Waals surface area contributed by atoms with Crippen molar-refractivity contribution in [3.63, 3.8) is 0 Å². The fourth-order valence-corrected chi connectivity index (χ4v) is 1.41. The minimum atomic E-state index is -0.343. The molecule has 84 valence electrons. The van der Waals surface area contributed by atoms with Crippen LogP contribution in [0.25, 0.3) is 11.0 Å². The van der Waals surface area contributed by atoms with Crippen molar-refractivity contribution in [1.82, 2.24) is 0 Å². The highest BCUT2D eigenvalue weighted by molar-refractivity contribution is 5.77. The van der Waals surface area contributed by atoms with Gasteiger partial charge in [-0.1, -0.05) is 0 Å². The molecule has 0 amide bonds. The minimum Gasteiger partial charge on any atom is -0.494 e. The molecular weight excluding hydrogens is 206 g/mol. The van der Waals surface area contributed by atoms with E-state index in [1.165, 1.54) is 6.07 Å². The molecular formula is C12H13NO3. The second-order valence-corrected chi connectivity index (χ2v) is 3.44. The van der Waals surface area contributed by atoms with Crippen molar-refractivity contribution in [1.29, 1.82) is 0 Å². The van der Waals surface area contributed by atoms with Gasteiger partial charge in [-0.3, -0.25) is 0 Å². The molecule has 0 spiro atoms. The summed E-state index contributed by atoms with van der Waals surface area (Å²) < 4.78 is 10.5. The van der Waals surface area contributed by atoms with E-state index in [4.69, 9.17) is 14.9 Å². The number of rotatable bonds is 4. The molecule has 1 aromatic heterocycles. The summed E-state index contributed by atoms with van der Waals surface area (Å²) in [6.45, 7) is 1.21. The van der Waals surface area contributed by atoms with E-state index in [-0.39, 0.29) is 5.63 Å². The molecule has 0 aliphatic carbocycles. The first kappa shape index (κ1) is 10.7. The molecule has 0 saturated carbocycles. The zero-order valence-electron chi connectivity index (χ0n) is 8.81. The first-order chi connectivity index (χ1) is 7.79. The molecule has 0 aliphatic rings. The topological polar surface area (TPSA) is 65.5 Å². The summed E-state index contributed by atoms with van der Waals surface area (Å²) in [4.78, 5) is 11.0. The van der Waals surface area contributed by atoms with E-state index in [9.17, 15) is 4.79 Å². The predicted molar refractivity (Wildman–Crippen MR) is 61.7 cm³/mol. The van der Waals surface area contributed by atoms with E-state index in [0.29, 0.717) is 18.7 Å². The highest BCUT2D eigenvalue weighted by atomic mass is 16.5. The molecule has 4 heteroatoms. The normalized spacial score (nSPS) is 10.6. The van der Waals surface area contributed by atoms with Crippen LogP contribution in [0.3, 0.4) is 0 Å². The number of ether oxygens (including phenoxy) is 1. The summed E-state index contributed by atoms with van der Waals surface area (Å²) in [6.07, 6.45) is 0.821. The Bertz CT molecular complexity index is 533. The van der Waals surface area contributed by atoms with Crippen molar-refractivity contribution in [2.24, 2.45) is 5.73 Å². The Morgan fingerprint density at radius 3 is 2.94 bits per heavy atom. The number of fused-ring (bicyclic) bond motifs is 1. The van der Waals surface area contributed by atoms with Crippen LogP contribution >= 0.6 is 0 Å². The summed E-state index contributed by atoms with van der Waals surface area (Å²) in [7, 11) is 0. The SMILES string of the molecule is NCCCOc1ccc2oc(=O)ccc2c1. The lowest BCUT2D eigenvalue weighted by molar-refractivity contribution is 0.313. The van der Waals surface area contributed by atoms with Crippen LogP contribution in [0, 0.1) is 0 Å². The van der Waals surface area contributed by atoms with E-state index >= 15 is 0 Å². The van der Waals surface area contributed by atoms with Crippen molar-refractivity contribution < 1.29 is 9.15 Å². The van der Waals surface area contributed by atoms with E-state index in [2.05, 4.69) is 0 Å². The Morgan fingerprint density at radius 1 is 1.25 bits per heavy atom. The smallest absolute Gasteiger partial charge is 0.336 e. The summed E-state index contributed by atoms with van der Waals surface area (Å²) in [6, 6.07) is 8.47. The van der Waals surface area contributed by atoms with Crippen molar-refractivity contribution in [3.05, 3.63) is 40.8 Å². The molecule has 0 fully saturated rings. The zero-order valence-corrected chi connectivity index (χ0v) is 8.81. The zero-order chi connectivity index (χ0) is 11.4. The third kappa shape index (κ3) is 2.41. The molecule has 1 aromatic carbocycles. The minimum absolute atomic E-state index is 0.343. The van der Waals surface area contributed by atoms with Crippen LogP contribution < -0.4 is 16.1 Å². The van der Waals surface area contributed by atoms with Crippen LogP contribution in [0.1, 0.15) is 6.42 Å². The molecule has 2 N–H and O–H groups in total. The fourth-order valence-electron chi connectivity index (χ4n) is 1.41.